The largest absolute Gasteiger partial charge is 0.469 e. The molecule has 0 aliphatic carbocycles. The number of ketones is 1. The lowest BCUT2D eigenvalue weighted by molar-refractivity contribution is -0.0883. The van der Waals surface area contributed by atoms with E-state index in [-0.39, 0.29) is 11.3 Å². The molecule has 0 fully saturated rings. The summed E-state index contributed by atoms with van der Waals surface area (Å²) in [6, 6.07) is 1.19. The molecule has 0 spiro atoms. The van der Waals surface area contributed by atoms with Crippen LogP contribution in [0.3, 0.4) is 0 Å². The maximum Gasteiger partial charge on any atom is 0.419 e. The van der Waals surface area contributed by atoms with E-state index in [0.29, 0.717) is 0 Å². The highest BCUT2D eigenvalue weighted by Crippen LogP contribution is 2.27. The van der Waals surface area contributed by atoms with Crippen molar-refractivity contribution in [2.45, 2.75) is 13.1 Å². The fourth-order valence-corrected chi connectivity index (χ4v) is 0.912. The number of hydrogen-bond acceptors (Lipinski definition) is 2. The van der Waals surface area contributed by atoms with Crippen molar-refractivity contribution in [1.29, 1.82) is 0 Å². The summed E-state index contributed by atoms with van der Waals surface area (Å²) in [6.45, 7) is 4.12. The highest BCUT2D eigenvalue weighted by atomic mass is 19.4. The predicted octanol–water partition coefficient (Wildman–Crippen LogP) is 2.89. The summed E-state index contributed by atoms with van der Waals surface area (Å²) < 4.78 is 40.9. The molecule has 0 amide bonds. The van der Waals surface area contributed by atoms with Crippen molar-refractivity contribution in [3.05, 3.63) is 35.8 Å². The van der Waals surface area contributed by atoms with Crippen molar-refractivity contribution < 1.29 is 22.4 Å². The smallest absolute Gasteiger partial charge is 0.419 e. The van der Waals surface area contributed by atoms with E-state index in [1.165, 1.54) is 13.0 Å². The molecule has 76 valence electrons. The topological polar surface area (TPSA) is 30.2 Å². The van der Waals surface area contributed by atoms with E-state index in [2.05, 4.69) is 6.58 Å². The Labute approximate surface area is 78.0 Å². The maximum absolute atomic E-state index is 12.1. The lowest BCUT2D eigenvalue weighted by Gasteiger charge is -2.07. The van der Waals surface area contributed by atoms with Gasteiger partial charge in [0.05, 0.1) is 17.4 Å². The molecule has 1 aromatic heterocycles. The summed E-state index contributed by atoms with van der Waals surface area (Å²) in [5.41, 5.74) is -1.49. The molecular formula is C9H7F3O2. The first-order valence-corrected chi connectivity index (χ1v) is 3.69. The molecule has 0 saturated carbocycles. The van der Waals surface area contributed by atoms with Crippen molar-refractivity contribution in [3.63, 3.8) is 0 Å². The van der Waals surface area contributed by atoms with E-state index < -0.39 is 17.5 Å². The van der Waals surface area contributed by atoms with Crippen molar-refractivity contribution in [1.82, 2.24) is 0 Å². The zero-order chi connectivity index (χ0) is 10.9. The summed E-state index contributed by atoms with van der Waals surface area (Å²) in [5, 5.41) is 0. The second kappa shape index (κ2) is 3.32. The number of Topliss-reactive ketones (excluding diaryl/α,β-unsaturated/α-hetero) is 1. The van der Waals surface area contributed by atoms with Gasteiger partial charge in [0.25, 0.3) is 0 Å². The molecule has 2 nitrogen and oxygen atoms in total. The first-order chi connectivity index (χ1) is 6.34. The third-order valence-electron chi connectivity index (χ3n) is 1.72. The van der Waals surface area contributed by atoms with E-state index in [4.69, 9.17) is 4.42 Å². The molecular weight excluding hydrogens is 197 g/mol. The highest BCUT2D eigenvalue weighted by molar-refractivity contribution is 6.09. The van der Waals surface area contributed by atoms with Crippen LogP contribution in [0.15, 0.2) is 28.9 Å². The molecule has 14 heavy (non-hydrogen) atoms. The molecule has 1 aromatic rings. The number of halogens is 3. The number of alkyl halides is 3. The van der Waals surface area contributed by atoms with Gasteiger partial charge in [0.2, 0.25) is 5.78 Å². The van der Waals surface area contributed by atoms with Gasteiger partial charge in [-0.3, -0.25) is 4.79 Å². The minimum Gasteiger partial charge on any atom is -0.469 e. The van der Waals surface area contributed by atoms with E-state index in [9.17, 15) is 18.0 Å². The van der Waals surface area contributed by atoms with Crippen molar-refractivity contribution in [2.75, 3.05) is 0 Å². The van der Waals surface area contributed by atoms with Crippen LogP contribution in [0.4, 0.5) is 13.2 Å². The molecule has 1 rings (SSSR count). The van der Waals surface area contributed by atoms with Gasteiger partial charge in [0, 0.05) is 0 Å². The molecule has 0 atom stereocenters. The van der Waals surface area contributed by atoms with Gasteiger partial charge in [-0.05, 0) is 13.0 Å². The zero-order valence-electron chi connectivity index (χ0n) is 7.31. The predicted molar refractivity (Wildman–Crippen MR) is 43.0 cm³/mol. The van der Waals surface area contributed by atoms with E-state index in [1.54, 1.807) is 0 Å². The van der Waals surface area contributed by atoms with Gasteiger partial charge in [-0.2, -0.15) is 13.2 Å². The van der Waals surface area contributed by atoms with Crippen LogP contribution in [-0.4, -0.2) is 12.0 Å². The Bertz CT molecular complexity index is 374. The van der Waals surface area contributed by atoms with Crippen LogP contribution in [0, 0.1) is 6.92 Å². The monoisotopic (exact) mass is 204 g/mol. The minimum absolute atomic E-state index is 0.104. The van der Waals surface area contributed by atoms with E-state index in [0.717, 1.165) is 6.26 Å². The summed E-state index contributed by atoms with van der Waals surface area (Å²) in [4.78, 5) is 11.2. The van der Waals surface area contributed by atoms with Crippen LogP contribution in [0.25, 0.3) is 0 Å². The Hall–Kier alpha value is -1.52. The zero-order valence-corrected chi connectivity index (χ0v) is 7.31. The summed E-state index contributed by atoms with van der Waals surface area (Å²) in [7, 11) is 0. The molecule has 0 bridgehead atoms. The Kier molecular flexibility index (Phi) is 2.51. The van der Waals surface area contributed by atoms with Gasteiger partial charge in [-0.1, -0.05) is 6.58 Å². The summed E-state index contributed by atoms with van der Waals surface area (Å²) in [6.07, 6.45) is -3.53. The number of carbonyl (C=O) groups is 1. The second-order valence-corrected chi connectivity index (χ2v) is 2.70. The molecule has 5 heteroatoms. The molecule has 0 aliphatic rings. The average molecular weight is 204 g/mol. The summed E-state index contributed by atoms with van der Waals surface area (Å²) in [5.74, 6) is -0.996. The third-order valence-corrected chi connectivity index (χ3v) is 1.72. The summed E-state index contributed by atoms with van der Waals surface area (Å²) >= 11 is 0. The molecule has 0 N–H and O–H groups in total. The number of allylic oxidation sites excluding steroid dienone is 1. The molecule has 0 unspecified atom stereocenters. The first-order valence-electron chi connectivity index (χ1n) is 3.69. The Morgan fingerprint density at radius 3 is 2.43 bits per heavy atom. The van der Waals surface area contributed by atoms with Gasteiger partial charge in [0.1, 0.15) is 5.76 Å². The average Bonchev–Trinajstić information content (AvgIpc) is 2.47. The minimum atomic E-state index is -4.69. The number of rotatable bonds is 2. The van der Waals surface area contributed by atoms with Gasteiger partial charge >= 0.3 is 6.18 Å². The molecule has 0 saturated heterocycles. The number of aryl methyl sites for hydroxylation is 1. The fraction of sp³-hybridized carbons (Fsp3) is 0.222. The third kappa shape index (κ3) is 1.86. The maximum atomic E-state index is 12.1. The number of hydrogen-bond donors (Lipinski definition) is 0. The van der Waals surface area contributed by atoms with Crippen LogP contribution >= 0.6 is 0 Å². The lowest BCUT2D eigenvalue weighted by atomic mass is 10.1. The van der Waals surface area contributed by atoms with Crippen molar-refractivity contribution >= 4 is 5.78 Å². The Morgan fingerprint density at radius 2 is 2.07 bits per heavy atom. The normalized spacial score (nSPS) is 11.4. The van der Waals surface area contributed by atoms with Gasteiger partial charge in [-0.25, -0.2) is 0 Å². The van der Waals surface area contributed by atoms with Crippen LogP contribution in [0.1, 0.15) is 16.1 Å². The molecule has 0 aromatic carbocycles. The number of carbonyl (C=O) groups excluding carboxylic acids is 1. The molecule has 0 radical (unpaired) electrons. The van der Waals surface area contributed by atoms with E-state index in [1.807, 2.05) is 0 Å². The SMILES string of the molecule is C=C(C(=O)c1ccoc1C)C(F)(F)F. The van der Waals surface area contributed by atoms with Gasteiger partial charge in [0.15, 0.2) is 0 Å². The van der Waals surface area contributed by atoms with Crippen LogP contribution < -0.4 is 0 Å². The van der Waals surface area contributed by atoms with Crippen molar-refractivity contribution in [2.24, 2.45) is 0 Å². The van der Waals surface area contributed by atoms with Crippen LogP contribution in [0.2, 0.25) is 0 Å². The van der Waals surface area contributed by atoms with Crippen LogP contribution in [0.5, 0.6) is 0 Å². The van der Waals surface area contributed by atoms with E-state index >= 15 is 0 Å². The van der Waals surface area contributed by atoms with Crippen LogP contribution in [-0.2, 0) is 0 Å². The number of furan rings is 1. The first kappa shape index (κ1) is 10.6. The molecule has 1 heterocycles. The second-order valence-electron chi connectivity index (χ2n) is 2.70. The standard InChI is InChI=1S/C9H7F3O2/c1-5(9(10,11)12)8(13)7-3-4-14-6(7)2/h3-4H,1H2,2H3. The highest BCUT2D eigenvalue weighted by Gasteiger charge is 2.37. The van der Waals surface area contributed by atoms with Gasteiger partial charge < -0.3 is 4.42 Å². The Morgan fingerprint density at radius 1 is 1.50 bits per heavy atom. The lowest BCUT2D eigenvalue weighted by Crippen LogP contribution is -2.19. The Balaban J connectivity index is 2.99. The van der Waals surface area contributed by atoms with Gasteiger partial charge in [-0.15, -0.1) is 0 Å². The fourth-order valence-electron chi connectivity index (χ4n) is 0.912. The quantitative estimate of drug-likeness (QED) is 0.547. The molecule has 0 aliphatic heterocycles. The van der Waals surface area contributed by atoms with Crippen molar-refractivity contribution in [3.8, 4) is 0 Å².